The molecule has 0 amide bonds. The average molecular weight is 243 g/mol. The Balaban J connectivity index is 3.11. The van der Waals surface area contributed by atoms with E-state index in [2.05, 4.69) is 15.9 Å². The Morgan fingerprint density at radius 1 is 1.54 bits per heavy atom. The van der Waals surface area contributed by atoms with Crippen molar-refractivity contribution in [3.63, 3.8) is 0 Å². The number of benzene rings is 1. The zero-order valence-electron chi connectivity index (χ0n) is 7.38. The van der Waals surface area contributed by atoms with Gasteiger partial charge in [-0.2, -0.15) is 0 Å². The van der Waals surface area contributed by atoms with E-state index in [-0.39, 0.29) is 16.9 Å². The molecule has 1 aromatic rings. The van der Waals surface area contributed by atoms with Gasteiger partial charge in [-0.05, 0) is 24.1 Å². The second-order valence-corrected chi connectivity index (χ2v) is 3.32. The minimum Gasteiger partial charge on any atom is -0.507 e. The van der Waals surface area contributed by atoms with Crippen molar-refractivity contribution in [2.45, 2.75) is 13.3 Å². The third-order valence-electron chi connectivity index (χ3n) is 1.89. The van der Waals surface area contributed by atoms with Crippen LogP contribution in [0, 0.1) is 0 Å². The molecule has 0 aliphatic rings. The number of hydrogen-bond acceptors (Lipinski definition) is 2. The monoisotopic (exact) mass is 242 g/mol. The molecule has 3 heteroatoms. The number of carbonyl (C=O) groups excluding carboxylic acids is 1. The molecule has 0 heterocycles. The van der Waals surface area contributed by atoms with Gasteiger partial charge in [0.2, 0.25) is 0 Å². The van der Waals surface area contributed by atoms with E-state index >= 15 is 0 Å². The van der Waals surface area contributed by atoms with Crippen LogP contribution in [0.5, 0.6) is 5.75 Å². The highest BCUT2D eigenvalue weighted by Crippen LogP contribution is 2.19. The first kappa shape index (κ1) is 10.3. The van der Waals surface area contributed by atoms with Crippen molar-refractivity contribution in [3.05, 3.63) is 29.3 Å². The Kier molecular flexibility index (Phi) is 3.48. The minimum atomic E-state index is -0.0900. The summed E-state index contributed by atoms with van der Waals surface area (Å²) < 4.78 is 0. The summed E-state index contributed by atoms with van der Waals surface area (Å²) in [6.07, 6.45) is 0.864. The maximum absolute atomic E-state index is 11.3. The van der Waals surface area contributed by atoms with Crippen LogP contribution in [0.25, 0.3) is 0 Å². The number of Topliss-reactive ketones (excluding diaryl/α,β-unsaturated/α-hetero) is 1. The van der Waals surface area contributed by atoms with Crippen LogP contribution >= 0.6 is 15.9 Å². The number of aromatic hydroxyl groups is 1. The smallest absolute Gasteiger partial charge is 0.177 e. The molecule has 0 saturated carbocycles. The Labute approximate surface area is 85.7 Å². The summed E-state index contributed by atoms with van der Waals surface area (Å²) in [6.45, 7) is 2.01. The molecular formula is C10H11BrO2. The van der Waals surface area contributed by atoms with Crippen molar-refractivity contribution in [1.29, 1.82) is 0 Å². The molecule has 0 radical (unpaired) electrons. The van der Waals surface area contributed by atoms with E-state index in [1.165, 1.54) is 0 Å². The minimum absolute atomic E-state index is 0.0571. The van der Waals surface area contributed by atoms with E-state index in [1.807, 2.05) is 13.0 Å². The van der Waals surface area contributed by atoms with E-state index in [0.29, 0.717) is 5.56 Å². The van der Waals surface area contributed by atoms with Gasteiger partial charge in [-0.15, -0.1) is 0 Å². The number of phenols is 1. The molecule has 0 atom stereocenters. The van der Waals surface area contributed by atoms with Gasteiger partial charge in [0.05, 0.1) is 10.9 Å². The first-order valence-corrected chi connectivity index (χ1v) is 5.22. The van der Waals surface area contributed by atoms with Gasteiger partial charge in [0.25, 0.3) is 0 Å². The van der Waals surface area contributed by atoms with Gasteiger partial charge in [0, 0.05) is 0 Å². The van der Waals surface area contributed by atoms with Crippen LogP contribution in [0.2, 0.25) is 0 Å². The number of carbonyl (C=O) groups is 1. The molecule has 70 valence electrons. The van der Waals surface area contributed by atoms with Gasteiger partial charge in [-0.1, -0.05) is 28.9 Å². The molecule has 0 aliphatic heterocycles. The Morgan fingerprint density at radius 2 is 2.23 bits per heavy atom. The molecule has 0 aliphatic carbocycles. The van der Waals surface area contributed by atoms with Gasteiger partial charge in [0.15, 0.2) is 5.78 Å². The molecule has 0 aromatic heterocycles. The fraction of sp³-hybridized carbons (Fsp3) is 0.300. The number of aryl methyl sites for hydroxylation is 1. The molecule has 2 nitrogen and oxygen atoms in total. The predicted molar refractivity (Wildman–Crippen MR) is 55.6 cm³/mol. The van der Waals surface area contributed by atoms with Crippen LogP contribution in [0.1, 0.15) is 22.8 Å². The topological polar surface area (TPSA) is 37.3 Å². The van der Waals surface area contributed by atoms with Gasteiger partial charge in [0.1, 0.15) is 5.75 Å². The zero-order valence-corrected chi connectivity index (χ0v) is 8.97. The quantitative estimate of drug-likeness (QED) is 0.654. The summed E-state index contributed by atoms with van der Waals surface area (Å²) in [5, 5.41) is 9.63. The van der Waals surface area contributed by atoms with Crippen molar-refractivity contribution in [2.75, 3.05) is 5.33 Å². The lowest BCUT2D eigenvalue weighted by Gasteiger charge is -2.03. The lowest BCUT2D eigenvalue weighted by Crippen LogP contribution is -2.01. The summed E-state index contributed by atoms with van der Waals surface area (Å²) in [7, 11) is 0. The van der Waals surface area contributed by atoms with Crippen LogP contribution < -0.4 is 0 Å². The van der Waals surface area contributed by atoms with Gasteiger partial charge in [-0.25, -0.2) is 0 Å². The third-order valence-corrected chi connectivity index (χ3v) is 2.40. The number of alkyl halides is 1. The molecule has 1 N–H and O–H groups in total. The molecule has 0 saturated heterocycles. The normalized spacial score (nSPS) is 10.0. The second kappa shape index (κ2) is 4.42. The molecule has 0 unspecified atom stereocenters. The van der Waals surface area contributed by atoms with E-state index in [1.54, 1.807) is 12.1 Å². The average Bonchev–Trinajstić information content (AvgIpc) is 2.17. The molecule has 1 rings (SSSR count). The summed E-state index contributed by atoms with van der Waals surface area (Å²) in [6, 6.07) is 5.12. The molecule has 0 spiro atoms. The maximum atomic E-state index is 11.3. The lowest BCUT2D eigenvalue weighted by atomic mass is 10.1. The van der Waals surface area contributed by atoms with Gasteiger partial charge in [-0.3, -0.25) is 4.79 Å². The first-order valence-electron chi connectivity index (χ1n) is 4.10. The fourth-order valence-electron chi connectivity index (χ4n) is 1.10. The van der Waals surface area contributed by atoms with E-state index in [4.69, 9.17) is 0 Å². The molecule has 0 fully saturated rings. The van der Waals surface area contributed by atoms with Crippen molar-refractivity contribution in [1.82, 2.24) is 0 Å². The summed E-state index contributed by atoms with van der Waals surface area (Å²) in [5.41, 5.74) is 1.46. The van der Waals surface area contributed by atoms with Crippen molar-refractivity contribution in [2.24, 2.45) is 0 Å². The standard InChI is InChI=1S/C10H11BrO2/c1-2-7-3-4-9(12)8(5-7)10(13)6-11/h3-5,12H,2,6H2,1H3. The largest absolute Gasteiger partial charge is 0.507 e. The third kappa shape index (κ3) is 2.31. The molecule has 0 bridgehead atoms. The van der Waals surface area contributed by atoms with Crippen LogP contribution in [0.4, 0.5) is 0 Å². The highest BCUT2D eigenvalue weighted by molar-refractivity contribution is 9.09. The highest BCUT2D eigenvalue weighted by atomic mass is 79.9. The summed E-state index contributed by atoms with van der Waals surface area (Å²) >= 11 is 3.07. The molecule has 1 aromatic carbocycles. The Hall–Kier alpha value is -0.830. The number of halogens is 1. The van der Waals surface area contributed by atoms with Crippen molar-refractivity contribution >= 4 is 21.7 Å². The fourth-order valence-corrected chi connectivity index (χ4v) is 1.40. The first-order chi connectivity index (χ1) is 6.19. The highest BCUT2D eigenvalue weighted by Gasteiger charge is 2.09. The van der Waals surface area contributed by atoms with Crippen LogP contribution in [-0.4, -0.2) is 16.2 Å². The zero-order chi connectivity index (χ0) is 9.84. The summed E-state index contributed by atoms with van der Waals surface area (Å²) in [4.78, 5) is 11.3. The van der Waals surface area contributed by atoms with Gasteiger partial charge >= 0.3 is 0 Å². The second-order valence-electron chi connectivity index (χ2n) is 2.76. The van der Waals surface area contributed by atoms with E-state index < -0.39 is 0 Å². The van der Waals surface area contributed by atoms with Crippen LogP contribution in [-0.2, 0) is 6.42 Å². The Morgan fingerprint density at radius 3 is 2.77 bits per heavy atom. The van der Waals surface area contributed by atoms with Crippen LogP contribution in [0.3, 0.4) is 0 Å². The number of phenolic OH excluding ortho intramolecular Hbond substituents is 1. The predicted octanol–water partition coefficient (Wildman–Crippen LogP) is 2.53. The maximum Gasteiger partial charge on any atom is 0.177 e. The number of ketones is 1. The Bertz CT molecular complexity index is 321. The van der Waals surface area contributed by atoms with Crippen LogP contribution in [0.15, 0.2) is 18.2 Å². The molecule has 13 heavy (non-hydrogen) atoms. The molecular weight excluding hydrogens is 232 g/mol. The van der Waals surface area contributed by atoms with Crippen molar-refractivity contribution in [3.8, 4) is 5.75 Å². The van der Waals surface area contributed by atoms with E-state index in [9.17, 15) is 9.90 Å². The lowest BCUT2D eigenvalue weighted by molar-refractivity contribution is 0.102. The van der Waals surface area contributed by atoms with Gasteiger partial charge < -0.3 is 5.11 Å². The number of hydrogen-bond donors (Lipinski definition) is 1. The SMILES string of the molecule is CCc1ccc(O)c(C(=O)CBr)c1. The number of rotatable bonds is 3. The van der Waals surface area contributed by atoms with Crippen molar-refractivity contribution < 1.29 is 9.90 Å². The summed E-state index contributed by atoms with van der Waals surface area (Å²) in [5.74, 6) is -0.0329. The van der Waals surface area contributed by atoms with E-state index in [0.717, 1.165) is 12.0 Å².